The van der Waals surface area contributed by atoms with E-state index in [0.717, 1.165) is 24.3 Å². The number of benzene rings is 1. The van der Waals surface area contributed by atoms with E-state index in [1.165, 1.54) is 31.2 Å². The molecule has 2 aromatic rings. The van der Waals surface area contributed by atoms with E-state index >= 15 is 0 Å². The number of imidazole rings is 1. The second-order valence-electron chi connectivity index (χ2n) is 5.68. The van der Waals surface area contributed by atoms with Gasteiger partial charge in [0.1, 0.15) is 5.82 Å². The van der Waals surface area contributed by atoms with Crippen molar-refractivity contribution in [3.63, 3.8) is 0 Å². The van der Waals surface area contributed by atoms with E-state index in [1.54, 1.807) is 0 Å². The second-order valence-corrected chi connectivity index (χ2v) is 5.68. The van der Waals surface area contributed by atoms with E-state index in [-0.39, 0.29) is 5.91 Å². The summed E-state index contributed by atoms with van der Waals surface area (Å²) in [5.74, 6) is 1.18. The Hall–Kier alpha value is -1.84. The minimum absolute atomic E-state index is 0.102. The molecule has 2 rings (SSSR count). The molecule has 22 heavy (non-hydrogen) atoms. The van der Waals surface area contributed by atoms with Crippen molar-refractivity contribution < 1.29 is 4.79 Å². The van der Waals surface area contributed by atoms with Crippen molar-refractivity contribution >= 4 is 16.9 Å². The fourth-order valence-corrected chi connectivity index (χ4v) is 2.70. The van der Waals surface area contributed by atoms with Crippen molar-refractivity contribution in [2.45, 2.75) is 58.9 Å². The average Bonchev–Trinajstić information content (AvgIpc) is 2.89. The summed E-state index contributed by atoms with van der Waals surface area (Å²) in [4.78, 5) is 16.1. The van der Waals surface area contributed by atoms with Crippen molar-refractivity contribution in [3.05, 3.63) is 30.1 Å². The lowest BCUT2D eigenvalue weighted by Gasteiger charge is -2.09. The number of carbonyl (C=O) groups excluding carboxylic acids is 1. The standard InChI is InChI=1S/C18H27N3O/c1-3-5-6-9-14-21-16-11-8-7-10-15(16)20-17(21)12-13-19-18(22)4-2/h7-8,10-11H,3-6,9,12-14H2,1-2H3,(H,19,22). The quantitative estimate of drug-likeness (QED) is 0.718. The molecule has 0 atom stereocenters. The van der Waals surface area contributed by atoms with E-state index in [2.05, 4.69) is 35.0 Å². The van der Waals surface area contributed by atoms with Crippen molar-refractivity contribution in [2.24, 2.45) is 0 Å². The molecule has 0 radical (unpaired) electrons. The largest absolute Gasteiger partial charge is 0.356 e. The number of nitrogens with zero attached hydrogens (tertiary/aromatic N) is 2. The zero-order chi connectivity index (χ0) is 15.8. The van der Waals surface area contributed by atoms with Gasteiger partial charge in [-0.1, -0.05) is 45.2 Å². The first-order chi connectivity index (χ1) is 10.8. The predicted octanol–water partition coefficient (Wildman–Crippen LogP) is 3.69. The van der Waals surface area contributed by atoms with Gasteiger partial charge in [-0.25, -0.2) is 4.98 Å². The van der Waals surface area contributed by atoms with Gasteiger partial charge in [-0.15, -0.1) is 0 Å². The summed E-state index contributed by atoms with van der Waals surface area (Å²) in [6, 6.07) is 8.29. The highest BCUT2D eigenvalue weighted by atomic mass is 16.1. The number of rotatable bonds is 9. The molecule has 1 heterocycles. The highest BCUT2D eigenvalue weighted by Crippen LogP contribution is 2.17. The fraction of sp³-hybridized carbons (Fsp3) is 0.556. The molecule has 0 aliphatic rings. The monoisotopic (exact) mass is 301 g/mol. The predicted molar refractivity (Wildman–Crippen MR) is 90.9 cm³/mol. The molecular formula is C18H27N3O. The molecule has 0 fully saturated rings. The van der Waals surface area contributed by atoms with Crippen LogP contribution in [-0.2, 0) is 17.8 Å². The number of fused-ring (bicyclic) bond motifs is 1. The molecule has 0 saturated heterocycles. The normalized spacial score (nSPS) is 11.0. The summed E-state index contributed by atoms with van der Waals surface area (Å²) in [5, 5.41) is 2.94. The van der Waals surface area contributed by atoms with Gasteiger partial charge in [0.15, 0.2) is 0 Å². The van der Waals surface area contributed by atoms with Crippen LogP contribution in [0.1, 0.15) is 51.8 Å². The van der Waals surface area contributed by atoms with Gasteiger partial charge in [0.25, 0.3) is 0 Å². The summed E-state index contributed by atoms with van der Waals surface area (Å²) in [6.07, 6.45) is 6.30. The van der Waals surface area contributed by atoms with Gasteiger partial charge in [0.05, 0.1) is 11.0 Å². The van der Waals surface area contributed by atoms with Crippen LogP contribution in [0.15, 0.2) is 24.3 Å². The molecule has 0 spiro atoms. The zero-order valence-corrected chi connectivity index (χ0v) is 13.8. The molecule has 0 bridgehead atoms. The van der Waals surface area contributed by atoms with Crippen LogP contribution in [0.3, 0.4) is 0 Å². The van der Waals surface area contributed by atoms with E-state index in [1.807, 2.05) is 13.0 Å². The minimum Gasteiger partial charge on any atom is -0.356 e. The van der Waals surface area contributed by atoms with Crippen molar-refractivity contribution in [3.8, 4) is 0 Å². The molecule has 1 aromatic heterocycles. The Balaban J connectivity index is 2.07. The maximum Gasteiger partial charge on any atom is 0.219 e. The third kappa shape index (κ3) is 4.33. The highest BCUT2D eigenvalue weighted by molar-refractivity contribution is 5.76. The van der Waals surface area contributed by atoms with Crippen molar-refractivity contribution in [1.29, 1.82) is 0 Å². The van der Waals surface area contributed by atoms with Crippen LogP contribution in [0, 0.1) is 0 Å². The number of para-hydroxylation sites is 2. The van der Waals surface area contributed by atoms with E-state index in [9.17, 15) is 4.79 Å². The molecule has 1 N–H and O–H groups in total. The van der Waals surface area contributed by atoms with E-state index < -0.39 is 0 Å². The Labute approximate surface area is 132 Å². The Kier molecular flexibility index (Phi) is 6.44. The van der Waals surface area contributed by atoms with Crippen LogP contribution in [0.5, 0.6) is 0 Å². The molecule has 0 aliphatic heterocycles. The third-order valence-electron chi connectivity index (χ3n) is 3.96. The Morgan fingerprint density at radius 3 is 2.77 bits per heavy atom. The lowest BCUT2D eigenvalue weighted by atomic mass is 10.2. The molecule has 4 nitrogen and oxygen atoms in total. The number of hydrogen-bond donors (Lipinski definition) is 1. The van der Waals surface area contributed by atoms with Crippen molar-refractivity contribution in [2.75, 3.05) is 6.54 Å². The van der Waals surface area contributed by atoms with Gasteiger partial charge in [0.2, 0.25) is 5.91 Å². The third-order valence-corrected chi connectivity index (χ3v) is 3.96. The fourth-order valence-electron chi connectivity index (χ4n) is 2.70. The number of nitrogens with one attached hydrogen (secondary N) is 1. The molecule has 120 valence electrons. The van der Waals surface area contributed by atoms with E-state index in [0.29, 0.717) is 13.0 Å². The van der Waals surface area contributed by atoms with Gasteiger partial charge < -0.3 is 9.88 Å². The van der Waals surface area contributed by atoms with Crippen molar-refractivity contribution in [1.82, 2.24) is 14.9 Å². The number of aromatic nitrogens is 2. The molecule has 1 aromatic carbocycles. The Bertz CT molecular complexity index is 603. The summed E-state index contributed by atoms with van der Waals surface area (Å²) in [7, 11) is 0. The van der Waals surface area contributed by atoms with Gasteiger partial charge in [0, 0.05) is 25.9 Å². The van der Waals surface area contributed by atoms with Crippen LogP contribution in [0.4, 0.5) is 0 Å². The number of amides is 1. The van der Waals surface area contributed by atoms with Crippen LogP contribution in [0.25, 0.3) is 11.0 Å². The van der Waals surface area contributed by atoms with Crippen LogP contribution >= 0.6 is 0 Å². The Morgan fingerprint density at radius 2 is 2.00 bits per heavy atom. The number of hydrogen-bond acceptors (Lipinski definition) is 2. The van der Waals surface area contributed by atoms with Gasteiger partial charge in [-0.05, 0) is 18.6 Å². The summed E-state index contributed by atoms with van der Waals surface area (Å²) < 4.78 is 2.32. The summed E-state index contributed by atoms with van der Waals surface area (Å²) in [6.45, 7) is 5.77. The molecule has 4 heteroatoms. The van der Waals surface area contributed by atoms with Gasteiger partial charge in [-0.3, -0.25) is 4.79 Å². The molecule has 0 saturated carbocycles. The topological polar surface area (TPSA) is 46.9 Å². The van der Waals surface area contributed by atoms with Crippen LogP contribution in [0.2, 0.25) is 0 Å². The van der Waals surface area contributed by atoms with Gasteiger partial charge >= 0.3 is 0 Å². The Morgan fingerprint density at radius 1 is 1.18 bits per heavy atom. The molecule has 0 unspecified atom stereocenters. The van der Waals surface area contributed by atoms with Crippen LogP contribution < -0.4 is 5.32 Å². The SMILES string of the molecule is CCCCCCn1c(CCNC(=O)CC)nc2ccccc21. The summed E-state index contributed by atoms with van der Waals surface area (Å²) >= 11 is 0. The van der Waals surface area contributed by atoms with E-state index in [4.69, 9.17) is 4.98 Å². The average molecular weight is 301 g/mol. The second kappa shape index (κ2) is 8.57. The maximum absolute atomic E-state index is 11.4. The lowest BCUT2D eigenvalue weighted by Crippen LogP contribution is -2.25. The lowest BCUT2D eigenvalue weighted by molar-refractivity contribution is -0.120. The number of aryl methyl sites for hydroxylation is 1. The number of unbranched alkanes of at least 4 members (excludes halogenated alkanes) is 3. The number of carbonyl (C=O) groups is 1. The molecular weight excluding hydrogens is 274 g/mol. The van der Waals surface area contributed by atoms with Crippen LogP contribution in [-0.4, -0.2) is 22.0 Å². The maximum atomic E-state index is 11.4. The minimum atomic E-state index is 0.102. The first-order valence-electron chi connectivity index (χ1n) is 8.47. The summed E-state index contributed by atoms with van der Waals surface area (Å²) in [5.41, 5.74) is 2.26. The zero-order valence-electron chi connectivity index (χ0n) is 13.8. The first-order valence-corrected chi connectivity index (χ1v) is 8.47. The molecule has 0 aliphatic carbocycles. The highest BCUT2D eigenvalue weighted by Gasteiger charge is 2.10. The smallest absolute Gasteiger partial charge is 0.219 e. The van der Waals surface area contributed by atoms with Gasteiger partial charge in [-0.2, -0.15) is 0 Å². The molecule has 1 amide bonds. The first kappa shape index (κ1) is 16.5.